The van der Waals surface area contributed by atoms with Crippen molar-refractivity contribution in [3.05, 3.63) is 41.6 Å². The third kappa shape index (κ3) is 3.85. The van der Waals surface area contributed by atoms with Gasteiger partial charge < -0.3 is 24.5 Å². The van der Waals surface area contributed by atoms with Gasteiger partial charge >= 0.3 is 0 Å². The lowest BCUT2D eigenvalue weighted by atomic mass is 9.83. The summed E-state index contributed by atoms with van der Waals surface area (Å²) in [4.78, 5) is 12.3. The van der Waals surface area contributed by atoms with E-state index in [2.05, 4.69) is 20.3 Å². The fraction of sp³-hybridized carbons (Fsp3) is 0.455. The molecule has 3 aromatic rings. The molecule has 0 fully saturated rings. The molecule has 0 spiro atoms. The van der Waals surface area contributed by atoms with Gasteiger partial charge in [-0.25, -0.2) is 14.4 Å². The standard InChI is InChI=1S/C22H27FN4O3/c1-13(2)30-18-9-14(23)5-6-17(18)27-21-19-15-10-22(29-4,11-28-3)8-7-16(15)26-20(19)24-12-25-21/h5-6,9,12-13H,7-8,10-11H2,1-4H3,(H2,24,25,26,27). The van der Waals surface area contributed by atoms with Gasteiger partial charge in [-0.3, -0.25) is 0 Å². The average Bonchev–Trinajstić information content (AvgIpc) is 3.08. The number of aryl methyl sites for hydroxylation is 1. The molecule has 1 unspecified atom stereocenters. The second kappa shape index (κ2) is 8.20. The minimum Gasteiger partial charge on any atom is -0.489 e. The van der Waals surface area contributed by atoms with Crippen LogP contribution >= 0.6 is 0 Å². The number of aromatic amines is 1. The molecule has 2 aromatic heterocycles. The topological polar surface area (TPSA) is 81.3 Å². The molecule has 30 heavy (non-hydrogen) atoms. The predicted octanol–water partition coefficient (Wildman–Crippen LogP) is 4.15. The van der Waals surface area contributed by atoms with Crippen LogP contribution in [0.5, 0.6) is 5.75 Å². The minimum atomic E-state index is -0.383. The van der Waals surface area contributed by atoms with Gasteiger partial charge in [0.05, 0.1) is 29.4 Å². The number of aromatic nitrogens is 3. The number of rotatable bonds is 7. The molecular weight excluding hydrogens is 387 g/mol. The van der Waals surface area contributed by atoms with E-state index in [9.17, 15) is 4.39 Å². The van der Waals surface area contributed by atoms with E-state index in [1.54, 1.807) is 20.3 Å². The molecule has 1 atom stereocenters. The largest absolute Gasteiger partial charge is 0.489 e. The van der Waals surface area contributed by atoms with E-state index < -0.39 is 0 Å². The zero-order valence-electron chi connectivity index (χ0n) is 17.7. The Kier molecular flexibility index (Phi) is 5.62. The first-order valence-electron chi connectivity index (χ1n) is 10.1. The van der Waals surface area contributed by atoms with E-state index in [4.69, 9.17) is 14.2 Å². The van der Waals surface area contributed by atoms with Crippen molar-refractivity contribution in [2.24, 2.45) is 0 Å². The summed E-state index contributed by atoms with van der Waals surface area (Å²) in [5.41, 5.74) is 3.27. The van der Waals surface area contributed by atoms with Crippen LogP contribution in [-0.4, -0.2) is 47.5 Å². The van der Waals surface area contributed by atoms with E-state index in [0.717, 1.165) is 35.1 Å². The van der Waals surface area contributed by atoms with Crippen molar-refractivity contribution in [3.8, 4) is 5.75 Å². The lowest BCUT2D eigenvalue weighted by Gasteiger charge is -2.35. The van der Waals surface area contributed by atoms with Crippen LogP contribution in [0.4, 0.5) is 15.9 Å². The summed E-state index contributed by atoms with van der Waals surface area (Å²) < 4.78 is 30.9. The summed E-state index contributed by atoms with van der Waals surface area (Å²) in [6, 6.07) is 4.43. The lowest BCUT2D eigenvalue weighted by molar-refractivity contribution is -0.0721. The Labute approximate surface area is 175 Å². The molecule has 160 valence electrons. The number of hydrogen-bond donors (Lipinski definition) is 2. The SMILES string of the molecule is COCC1(OC)CCc2[nH]c3ncnc(Nc4ccc(F)cc4OC(C)C)c3c2C1. The normalized spacial score (nSPS) is 18.6. The van der Waals surface area contributed by atoms with Crippen molar-refractivity contribution in [2.75, 3.05) is 26.1 Å². The average molecular weight is 414 g/mol. The van der Waals surface area contributed by atoms with E-state index in [1.165, 1.54) is 18.5 Å². The Hall–Kier alpha value is -2.71. The molecule has 0 saturated carbocycles. The maximum absolute atomic E-state index is 13.8. The summed E-state index contributed by atoms with van der Waals surface area (Å²) in [6.07, 6.45) is 3.80. The Bertz CT molecular complexity index is 1050. The number of hydrogen-bond acceptors (Lipinski definition) is 6. The van der Waals surface area contributed by atoms with Crippen molar-refractivity contribution in [1.82, 2.24) is 15.0 Å². The number of nitrogens with one attached hydrogen (secondary N) is 2. The highest BCUT2D eigenvalue weighted by atomic mass is 19.1. The van der Waals surface area contributed by atoms with Gasteiger partial charge in [0.1, 0.15) is 29.4 Å². The number of H-pyrrole nitrogens is 1. The molecule has 2 N–H and O–H groups in total. The monoisotopic (exact) mass is 414 g/mol. The fourth-order valence-electron chi connectivity index (χ4n) is 4.10. The van der Waals surface area contributed by atoms with Crippen LogP contribution in [0.25, 0.3) is 11.0 Å². The molecular formula is C22H27FN4O3. The van der Waals surface area contributed by atoms with Crippen molar-refractivity contribution in [3.63, 3.8) is 0 Å². The molecule has 0 bridgehead atoms. The van der Waals surface area contributed by atoms with Gasteiger partial charge in [0.15, 0.2) is 0 Å². The second-order valence-electron chi connectivity index (χ2n) is 7.96. The minimum absolute atomic E-state index is 0.0888. The van der Waals surface area contributed by atoms with Gasteiger partial charge in [-0.1, -0.05) is 0 Å². The second-order valence-corrected chi connectivity index (χ2v) is 7.96. The van der Waals surface area contributed by atoms with Gasteiger partial charge in [-0.2, -0.15) is 0 Å². The van der Waals surface area contributed by atoms with Crippen LogP contribution in [0, 0.1) is 5.82 Å². The van der Waals surface area contributed by atoms with Crippen LogP contribution in [0.15, 0.2) is 24.5 Å². The first-order chi connectivity index (χ1) is 14.4. The Morgan fingerprint density at radius 3 is 2.83 bits per heavy atom. The molecule has 1 aliphatic carbocycles. The zero-order chi connectivity index (χ0) is 21.3. The van der Waals surface area contributed by atoms with E-state index >= 15 is 0 Å². The molecule has 4 rings (SSSR count). The molecule has 2 heterocycles. The number of benzene rings is 1. The van der Waals surface area contributed by atoms with Crippen LogP contribution in [0.3, 0.4) is 0 Å². The van der Waals surface area contributed by atoms with Crippen molar-refractivity contribution in [2.45, 2.75) is 44.8 Å². The number of fused-ring (bicyclic) bond motifs is 3. The highest BCUT2D eigenvalue weighted by molar-refractivity contribution is 5.93. The summed E-state index contributed by atoms with van der Waals surface area (Å²) >= 11 is 0. The summed E-state index contributed by atoms with van der Waals surface area (Å²) in [6.45, 7) is 4.32. The number of methoxy groups -OCH3 is 2. The first kappa shape index (κ1) is 20.6. The van der Waals surface area contributed by atoms with Crippen LogP contribution in [-0.2, 0) is 22.3 Å². The summed E-state index contributed by atoms with van der Waals surface area (Å²) in [7, 11) is 3.41. The predicted molar refractivity (Wildman–Crippen MR) is 113 cm³/mol. The Morgan fingerprint density at radius 2 is 2.10 bits per heavy atom. The van der Waals surface area contributed by atoms with Gasteiger partial charge in [-0.05, 0) is 44.4 Å². The number of anilines is 2. The van der Waals surface area contributed by atoms with E-state index in [0.29, 0.717) is 30.3 Å². The Morgan fingerprint density at radius 1 is 1.27 bits per heavy atom. The van der Waals surface area contributed by atoms with Gasteiger partial charge in [0, 0.05) is 32.4 Å². The molecule has 8 heteroatoms. The quantitative estimate of drug-likeness (QED) is 0.605. The van der Waals surface area contributed by atoms with Crippen molar-refractivity contribution < 1.29 is 18.6 Å². The number of halogens is 1. The molecule has 1 aromatic carbocycles. The van der Waals surface area contributed by atoms with E-state index in [1.807, 2.05) is 13.8 Å². The molecule has 7 nitrogen and oxygen atoms in total. The summed E-state index contributed by atoms with van der Waals surface area (Å²) in [5.74, 6) is 0.723. The Balaban J connectivity index is 1.77. The lowest BCUT2D eigenvalue weighted by Crippen LogP contribution is -2.42. The zero-order valence-corrected chi connectivity index (χ0v) is 17.7. The molecule has 0 saturated heterocycles. The van der Waals surface area contributed by atoms with Crippen molar-refractivity contribution >= 4 is 22.5 Å². The molecule has 0 radical (unpaired) electrons. The van der Waals surface area contributed by atoms with Crippen LogP contribution in [0.1, 0.15) is 31.5 Å². The molecule has 1 aliphatic rings. The summed E-state index contributed by atoms with van der Waals surface area (Å²) in [5, 5.41) is 4.23. The highest BCUT2D eigenvalue weighted by Gasteiger charge is 2.37. The highest BCUT2D eigenvalue weighted by Crippen LogP contribution is 2.39. The number of ether oxygens (including phenoxy) is 3. The van der Waals surface area contributed by atoms with E-state index in [-0.39, 0.29) is 17.5 Å². The molecule has 0 aliphatic heterocycles. The maximum Gasteiger partial charge on any atom is 0.146 e. The number of nitrogens with zero attached hydrogens (tertiary/aromatic N) is 2. The maximum atomic E-state index is 13.8. The molecule has 0 amide bonds. The van der Waals surface area contributed by atoms with Crippen LogP contribution < -0.4 is 10.1 Å². The van der Waals surface area contributed by atoms with Crippen molar-refractivity contribution in [1.29, 1.82) is 0 Å². The first-order valence-corrected chi connectivity index (χ1v) is 10.1. The third-order valence-corrected chi connectivity index (χ3v) is 5.51. The smallest absolute Gasteiger partial charge is 0.146 e. The fourth-order valence-corrected chi connectivity index (χ4v) is 4.10. The van der Waals surface area contributed by atoms with Crippen LogP contribution in [0.2, 0.25) is 0 Å². The van der Waals surface area contributed by atoms with Gasteiger partial charge in [-0.15, -0.1) is 0 Å². The third-order valence-electron chi connectivity index (χ3n) is 5.51. The van der Waals surface area contributed by atoms with Gasteiger partial charge in [0.25, 0.3) is 0 Å². The van der Waals surface area contributed by atoms with Gasteiger partial charge in [0.2, 0.25) is 0 Å².